The Balaban J connectivity index is 1.63. The van der Waals surface area contributed by atoms with Crippen molar-refractivity contribution in [3.63, 3.8) is 0 Å². The first-order chi connectivity index (χ1) is 14.0. The van der Waals surface area contributed by atoms with Gasteiger partial charge in [-0.2, -0.15) is 0 Å². The van der Waals surface area contributed by atoms with Crippen LogP contribution in [0, 0.1) is 12.7 Å². The minimum absolute atomic E-state index is 0.166. The summed E-state index contributed by atoms with van der Waals surface area (Å²) in [4.78, 5) is 20.0. The molecular formula is C21H28FN3O3S. The van der Waals surface area contributed by atoms with Crippen molar-refractivity contribution in [3.05, 3.63) is 28.5 Å². The zero-order valence-corrected chi connectivity index (χ0v) is 18.0. The molecule has 3 rings (SSSR count). The summed E-state index contributed by atoms with van der Waals surface area (Å²) in [5, 5.41) is 3.37. The number of ether oxygens (including phenoxy) is 2. The van der Waals surface area contributed by atoms with Crippen LogP contribution in [0.15, 0.2) is 12.1 Å². The molecule has 0 spiro atoms. The SMILES string of the molecule is COc1cc(F)c(-c2nc(C)c(C(=O)NCCCCN3CCCC3)s2)c(OC)c1. The predicted octanol–water partition coefficient (Wildman–Crippen LogP) is 3.88. The molecule has 0 saturated carbocycles. The molecule has 1 aromatic carbocycles. The second-order valence-corrected chi connectivity index (χ2v) is 8.13. The highest BCUT2D eigenvalue weighted by molar-refractivity contribution is 7.17. The van der Waals surface area contributed by atoms with Crippen molar-refractivity contribution in [2.24, 2.45) is 0 Å². The van der Waals surface area contributed by atoms with E-state index >= 15 is 0 Å². The number of carbonyl (C=O) groups excluding carboxylic acids is 1. The van der Waals surface area contributed by atoms with E-state index in [2.05, 4.69) is 15.2 Å². The topological polar surface area (TPSA) is 63.7 Å². The first kappa shape index (κ1) is 21.5. The van der Waals surface area contributed by atoms with E-state index in [1.807, 2.05) is 0 Å². The zero-order chi connectivity index (χ0) is 20.8. The van der Waals surface area contributed by atoms with Crippen LogP contribution in [0.5, 0.6) is 11.5 Å². The molecule has 8 heteroatoms. The number of hydrogen-bond acceptors (Lipinski definition) is 6. The van der Waals surface area contributed by atoms with Gasteiger partial charge in [0.05, 0.1) is 25.5 Å². The van der Waals surface area contributed by atoms with Gasteiger partial charge in [0.2, 0.25) is 0 Å². The van der Waals surface area contributed by atoms with Gasteiger partial charge in [-0.25, -0.2) is 9.37 Å². The number of rotatable bonds is 9. The highest BCUT2D eigenvalue weighted by Crippen LogP contribution is 2.39. The average Bonchev–Trinajstić information content (AvgIpc) is 3.36. The smallest absolute Gasteiger partial charge is 0.263 e. The third-order valence-electron chi connectivity index (χ3n) is 5.09. The monoisotopic (exact) mass is 421 g/mol. The van der Waals surface area contributed by atoms with Crippen LogP contribution in [0.2, 0.25) is 0 Å². The molecule has 0 aliphatic carbocycles. The van der Waals surface area contributed by atoms with Crippen LogP contribution < -0.4 is 14.8 Å². The number of aryl methyl sites for hydroxylation is 1. The minimum Gasteiger partial charge on any atom is -0.497 e. The Kier molecular flexibility index (Phi) is 7.44. The van der Waals surface area contributed by atoms with E-state index in [9.17, 15) is 9.18 Å². The lowest BCUT2D eigenvalue weighted by Crippen LogP contribution is -2.26. The van der Waals surface area contributed by atoms with Crippen LogP contribution in [-0.2, 0) is 0 Å². The minimum atomic E-state index is -0.496. The number of amides is 1. The molecule has 1 fully saturated rings. The number of thiazole rings is 1. The molecule has 0 radical (unpaired) electrons. The second-order valence-electron chi connectivity index (χ2n) is 7.13. The molecule has 1 aliphatic heterocycles. The van der Waals surface area contributed by atoms with E-state index in [4.69, 9.17) is 9.47 Å². The van der Waals surface area contributed by atoms with Crippen LogP contribution in [0.4, 0.5) is 4.39 Å². The van der Waals surface area contributed by atoms with Gasteiger partial charge >= 0.3 is 0 Å². The Morgan fingerprint density at radius 1 is 1.24 bits per heavy atom. The van der Waals surface area contributed by atoms with Crippen molar-refractivity contribution in [1.82, 2.24) is 15.2 Å². The third kappa shape index (κ3) is 5.25. The van der Waals surface area contributed by atoms with Crippen LogP contribution in [0.25, 0.3) is 10.6 Å². The largest absolute Gasteiger partial charge is 0.497 e. The molecule has 158 valence electrons. The van der Waals surface area contributed by atoms with E-state index in [0.717, 1.165) is 19.4 Å². The molecule has 29 heavy (non-hydrogen) atoms. The number of likely N-dealkylation sites (tertiary alicyclic amines) is 1. The van der Waals surface area contributed by atoms with Gasteiger partial charge < -0.3 is 19.7 Å². The van der Waals surface area contributed by atoms with Gasteiger partial charge in [0.15, 0.2) is 0 Å². The quantitative estimate of drug-likeness (QED) is 0.623. The maximum absolute atomic E-state index is 14.6. The first-order valence-electron chi connectivity index (χ1n) is 9.93. The number of nitrogens with one attached hydrogen (secondary N) is 1. The molecule has 0 atom stereocenters. The summed E-state index contributed by atoms with van der Waals surface area (Å²) in [5.41, 5.74) is 0.822. The highest BCUT2D eigenvalue weighted by atomic mass is 32.1. The molecular weight excluding hydrogens is 393 g/mol. The van der Waals surface area contributed by atoms with E-state index in [-0.39, 0.29) is 11.5 Å². The molecule has 2 aromatic rings. The fourth-order valence-electron chi connectivity index (χ4n) is 3.51. The van der Waals surface area contributed by atoms with Crippen LogP contribution in [-0.4, -0.2) is 56.2 Å². The Bertz CT molecular complexity index is 850. The Morgan fingerprint density at radius 2 is 2.00 bits per heavy atom. The fraction of sp³-hybridized carbons (Fsp3) is 0.524. The van der Waals surface area contributed by atoms with Gasteiger partial charge in [-0.1, -0.05) is 0 Å². The Morgan fingerprint density at radius 3 is 2.69 bits per heavy atom. The van der Waals surface area contributed by atoms with Crippen molar-refractivity contribution >= 4 is 17.2 Å². The number of halogens is 1. The van der Waals surface area contributed by atoms with Crippen molar-refractivity contribution in [2.45, 2.75) is 32.6 Å². The highest BCUT2D eigenvalue weighted by Gasteiger charge is 2.22. The molecule has 1 N–H and O–H groups in total. The average molecular weight is 422 g/mol. The second kappa shape index (κ2) is 10.0. The third-order valence-corrected chi connectivity index (χ3v) is 6.26. The lowest BCUT2D eigenvalue weighted by atomic mass is 10.2. The Labute approximate surface area is 175 Å². The van der Waals surface area contributed by atoms with E-state index < -0.39 is 5.82 Å². The normalized spacial score (nSPS) is 14.2. The molecule has 2 heterocycles. The van der Waals surface area contributed by atoms with Crippen LogP contribution in [0.3, 0.4) is 0 Å². The van der Waals surface area contributed by atoms with E-state index in [1.165, 1.54) is 57.6 Å². The van der Waals surface area contributed by atoms with Crippen molar-refractivity contribution in [3.8, 4) is 22.1 Å². The molecule has 6 nitrogen and oxygen atoms in total. The fourth-order valence-corrected chi connectivity index (χ4v) is 4.54. The predicted molar refractivity (Wildman–Crippen MR) is 113 cm³/mol. The summed E-state index contributed by atoms with van der Waals surface area (Å²) in [6, 6.07) is 2.89. The molecule has 1 aliphatic rings. The number of aromatic nitrogens is 1. The van der Waals surface area contributed by atoms with Gasteiger partial charge in [0, 0.05) is 18.7 Å². The standard InChI is InChI=1S/C21H28FN3O3S/c1-14-19(20(26)23-8-4-5-9-25-10-6-7-11-25)29-21(24-14)18-16(22)12-15(27-2)13-17(18)28-3/h12-13H,4-11H2,1-3H3,(H,23,26). The van der Waals surface area contributed by atoms with Gasteiger partial charge in [-0.05, 0) is 52.2 Å². The first-order valence-corrected chi connectivity index (χ1v) is 10.7. The molecule has 1 amide bonds. The maximum atomic E-state index is 14.6. The molecule has 0 bridgehead atoms. The lowest BCUT2D eigenvalue weighted by Gasteiger charge is -2.13. The summed E-state index contributed by atoms with van der Waals surface area (Å²) in [6.07, 6.45) is 4.60. The van der Waals surface area contributed by atoms with Gasteiger partial charge in [-0.15, -0.1) is 11.3 Å². The summed E-state index contributed by atoms with van der Waals surface area (Å²) in [6.45, 7) is 5.87. The number of methoxy groups -OCH3 is 2. The van der Waals surface area contributed by atoms with Crippen molar-refractivity contribution in [2.75, 3.05) is 40.4 Å². The van der Waals surface area contributed by atoms with Gasteiger partial charge in [0.1, 0.15) is 27.2 Å². The number of hydrogen-bond donors (Lipinski definition) is 1. The van der Waals surface area contributed by atoms with E-state index in [1.54, 1.807) is 13.0 Å². The van der Waals surface area contributed by atoms with Gasteiger partial charge in [0.25, 0.3) is 5.91 Å². The summed E-state index contributed by atoms with van der Waals surface area (Å²) >= 11 is 1.17. The summed E-state index contributed by atoms with van der Waals surface area (Å²) in [7, 11) is 2.93. The zero-order valence-electron chi connectivity index (χ0n) is 17.2. The van der Waals surface area contributed by atoms with Crippen LogP contribution >= 0.6 is 11.3 Å². The number of unbranched alkanes of at least 4 members (excludes halogenated alkanes) is 1. The molecule has 1 saturated heterocycles. The summed E-state index contributed by atoms with van der Waals surface area (Å²) in [5.74, 6) is 0.0249. The lowest BCUT2D eigenvalue weighted by molar-refractivity contribution is 0.0956. The molecule has 0 unspecified atom stereocenters. The molecule has 1 aromatic heterocycles. The van der Waals surface area contributed by atoms with Crippen molar-refractivity contribution in [1.29, 1.82) is 0 Å². The van der Waals surface area contributed by atoms with E-state index in [0.29, 0.717) is 33.6 Å². The maximum Gasteiger partial charge on any atom is 0.263 e. The number of carbonyl (C=O) groups is 1. The van der Waals surface area contributed by atoms with Gasteiger partial charge in [-0.3, -0.25) is 4.79 Å². The Hall–Kier alpha value is -2.19. The number of benzene rings is 1. The van der Waals surface area contributed by atoms with Crippen molar-refractivity contribution < 1.29 is 18.7 Å². The van der Waals surface area contributed by atoms with Crippen LogP contribution in [0.1, 0.15) is 41.0 Å². The number of nitrogens with zero attached hydrogens (tertiary/aromatic N) is 2. The summed E-state index contributed by atoms with van der Waals surface area (Å²) < 4.78 is 25.0.